The average Bonchev–Trinajstić information content (AvgIpc) is 2.10. The van der Waals surface area contributed by atoms with Crippen LogP contribution in [0.4, 0.5) is 0 Å². The van der Waals surface area contributed by atoms with Crippen LogP contribution in [0, 0.1) is 0 Å². The van der Waals surface area contributed by atoms with E-state index in [-0.39, 0.29) is 0 Å². The number of carboxylic acid groups (broad SMARTS) is 1. The van der Waals surface area contributed by atoms with Gasteiger partial charge in [-0.25, -0.2) is 0 Å². The summed E-state index contributed by atoms with van der Waals surface area (Å²) in [6.45, 7) is 1.14. The summed E-state index contributed by atoms with van der Waals surface area (Å²) in [4.78, 5) is 10.7. The molecule has 0 bridgehead atoms. The van der Waals surface area contributed by atoms with Crippen molar-refractivity contribution in [2.24, 2.45) is 5.73 Å². The molecule has 0 rings (SSSR count). The minimum atomic E-state index is -0.817. The molecule has 0 aromatic heterocycles. The van der Waals surface area contributed by atoms with Crippen LogP contribution in [0.3, 0.4) is 0 Å². The van der Waals surface area contributed by atoms with E-state index in [1.165, 1.54) is 0 Å². The molecule has 0 aliphatic carbocycles. The van der Waals surface area contributed by atoms with Crippen LogP contribution >= 0.6 is 11.6 Å². The largest absolute Gasteiger partial charge is 0.480 e. The zero-order valence-electron chi connectivity index (χ0n) is 7.63. The van der Waals surface area contributed by atoms with Crippen LogP contribution in [-0.2, 0) is 4.79 Å². The molecule has 0 amide bonds. The standard InChI is InChI=1S/C8H17ClN2O2/c9-4-6-11-7(8(12)13)3-1-2-5-10/h7,11H,1-6,10H2,(H,12,13)/t7-/m0/s1. The number of aliphatic carboxylic acids is 1. The van der Waals surface area contributed by atoms with Gasteiger partial charge in [-0.05, 0) is 19.4 Å². The molecule has 0 aliphatic heterocycles. The fraction of sp³-hybridized carbons (Fsp3) is 0.875. The van der Waals surface area contributed by atoms with Gasteiger partial charge in [0.05, 0.1) is 0 Å². The Kier molecular flexibility index (Phi) is 8.08. The highest BCUT2D eigenvalue weighted by molar-refractivity contribution is 6.18. The van der Waals surface area contributed by atoms with Crippen molar-refractivity contribution in [3.05, 3.63) is 0 Å². The zero-order chi connectivity index (χ0) is 10.1. The maximum absolute atomic E-state index is 10.7. The van der Waals surface area contributed by atoms with Gasteiger partial charge in [-0.2, -0.15) is 0 Å². The molecule has 0 saturated heterocycles. The summed E-state index contributed by atoms with van der Waals surface area (Å²) in [5.41, 5.74) is 5.30. The van der Waals surface area contributed by atoms with Gasteiger partial charge in [-0.15, -0.1) is 11.6 Å². The van der Waals surface area contributed by atoms with E-state index >= 15 is 0 Å². The molecule has 13 heavy (non-hydrogen) atoms. The Morgan fingerprint density at radius 1 is 1.54 bits per heavy atom. The minimum absolute atomic E-state index is 0.431. The van der Waals surface area contributed by atoms with Gasteiger partial charge in [0, 0.05) is 12.4 Å². The fourth-order valence-electron chi connectivity index (χ4n) is 1.03. The summed E-state index contributed by atoms with van der Waals surface area (Å²) in [6, 6.07) is -0.481. The summed E-state index contributed by atoms with van der Waals surface area (Å²) in [6.07, 6.45) is 2.32. The molecule has 4 N–H and O–H groups in total. The van der Waals surface area contributed by atoms with E-state index < -0.39 is 12.0 Å². The lowest BCUT2D eigenvalue weighted by Gasteiger charge is -2.12. The van der Waals surface area contributed by atoms with E-state index in [4.69, 9.17) is 22.4 Å². The summed E-state index contributed by atoms with van der Waals surface area (Å²) >= 11 is 5.44. The molecule has 0 fully saturated rings. The number of carboxylic acids is 1. The number of unbranched alkanes of at least 4 members (excludes halogenated alkanes) is 1. The Labute approximate surface area is 83.4 Å². The Balaban J connectivity index is 3.61. The van der Waals surface area contributed by atoms with Crippen molar-refractivity contribution < 1.29 is 9.90 Å². The number of hydrogen-bond acceptors (Lipinski definition) is 3. The first-order valence-electron chi connectivity index (χ1n) is 4.44. The normalized spacial score (nSPS) is 12.8. The maximum atomic E-state index is 10.7. The van der Waals surface area contributed by atoms with E-state index in [0.29, 0.717) is 25.4 Å². The van der Waals surface area contributed by atoms with Gasteiger partial charge in [-0.3, -0.25) is 4.79 Å². The molecular formula is C8H17ClN2O2. The number of halogens is 1. The summed E-state index contributed by atoms with van der Waals surface area (Å²) < 4.78 is 0. The van der Waals surface area contributed by atoms with Crippen LogP contribution in [0.25, 0.3) is 0 Å². The highest BCUT2D eigenvalue weighted by Gasteiger charge is 2.14. The second-order valence-corrected chi connectivity index (χ2v) is 3.20. The molecule has 0 aromatic rings. The molecule has 0 unspecified atom stereocenters. The van der Waals surface area contributed by atoms with Gasteiger partial charge < -0.3 is 16.2 Å². The van der Waals surface area contributed by atoms with Gasteiger partial charge in [0.2, 0.25) is 0 Å². The zero-order valence-corrected chi connectivity index (χ0v) is 8.39. The van der Waals surface area contributed by atoms with Crippen molar-refractivity contribution in [2.45, 2.75) is 25.3 Å². The molecule has 5 heteroatoms. The van der Waals surface area contributed by atoms with Crippen LogP contribution in [0.1, 0.15) is 19.3 Å². The third-order valence-corrected chi connectivity index (χ3v) is 1.92. The van der Waals surface area contributed by atoms with E-state index in [1.54, 1.807) is 0 Å². The molecule has 1 atom stereocenters. The van der Waals surface area contributed by atoms with Crippen molar-refractivity contribution in [3.8, 4) is 0 Å². The summed E-state index contributed by atoms with van der Waals surface area (Å²) in [5.74, 6) is -0.386. The maximum Gasteiger partial charge on any atom is 0.320 e. The smallest absolute Gasteiger partial charge is 0.320 e. The number of rotatable bonds is 8. The van der Waals surface area contributed by atoms with Crippen molar-refractivity contribution in [2.75, 3.05) is 19.0 Å². The number of nitrogens with two attached hydrogens (primary N) is 1. The van der Waals surface area contributed by atoms with Gasteiger partial charge >= 0.3 is 5.97 Å². The third kappa shape index (κ3) is 6.81. The lowest BCUT2D eigenvalue weighted by molar-refractivity contribution is -0.139. The van der Waals surface area contributed by atoms with Crippen molar-refractivity contribution >= 4 is 17.6 Å². The first-order chi connectivity index (χ1) is 6.22. The first-order valence-corrected chi connectivity index (χ1v) is 4.98. The number of carbonyl (C=O) groups is 1. The molecule has 78 valence electrons. The van der Waals surface area contributed by atoms with E-state index in [1.807, 2.05) is 0 Å². The highest BCUT2D eigenvalue weighted by Crippen LogP contribution is 2.00. The Morgan fingerprint density at radius 2 is 2.23 bits per heavy atom. The van der Waals surface area contributed by atoms with Crippen LogP contribution in [0.2, 0.25) is 0 Å². The summed E-state index contributed by atoms with van der Waals surface area (Å²) in [7, 11) is 0. The molecule has 0 radical (unpaired) electrons. The second-order valence-electron chi connectivity index (χ2n) is 2.82. The fourth-order valence-corrected chi connectivity index (χ4v) is 1.14. The quantitative estimate of drug-likeness (QED) is 0.399. The van der Waals surface area contributed by atoms with Crippen molar-refractivity contribution in [1.82, 2.24) is 5.32 Å². The van der Waals surface area contributed by atoms with Gasteiger partial charge in [0.1, 0.15) is 6.04 Å². The first kappa shape index (κ1) is 12.7. The molecular weight excluding hydrogens is 192 g/mol. The van der Waals surface area contributed by atoms with Crippen molar-refractivity contribution in [3.63, 3.8) is 0 Å². The third-order valence-electron chi connectivity index (χ3n) is 1.73. The van der Waals surface area contributed by atoms with Crippen LogP contribution in [-0.4, -0.2) is 36.1 Å². The van der Waals surface area contributed by atoms with Gasteiger partial charge in [-0.1, -0.05) is 6.42 Å². The molecule has 0 saturated carbocycles. The average molecular weight is 209 g/mol. The molecule has 0 aromatic carbocycles. The predicted molar refractivity (Wildman–Crippen MR) is 53.1 cm³/mol. The van der Waals surface area contributed by atoms with E-state index in [2.05, 4.69) is 5.32 Å². The number of nitrogens with one attached hydrogen (secondary N) is 1. The predicted octanol–water partition coefficient (Wildman–Crippen LogP) is 0.397. The Bertz CT molecular complexity index is 144. The Hall–Kier alpha value is -0.320. The van der Waals surface area contributed by atoms with Crippen molar-refractivity contribution in [1.29, 1.82) is 0 Å². The lowest BCUT2D eigenvalue weighted by Crippen LogP contribution is -2.37. The number of hydrogen-bond donors (Lipinski definition) is 3. The summed E-state index contributed by atoms with van der Waals surface area (Å²) in [5, 5.41) is 11.6. The Morgan fingerprint density at radius 3 is 2.69 bits per heavy atom. The minimum Gasteiger partial charge on any atom is -0.480 e. The molecule has 0 spiro atoms. The van der Waals surface area contributed by atoms with Crippen LogP contribution in [0.15, 0.2) is 0 Å². The second kappa shape index (κ2) is 8.29. The SMILES string of the molecule is NCCCC[C@H](NCCCl)C(=O)O. The molecule has 4 nitrogen and oxygen atoms in total. The van der Waals surface area contributed by atoms with Crippen LogP contribution in [0.5, 0.6) is 0 Å². The van der Waals surface area contributed by atoms with Crippen LogP contribution < -0.4 is 11.1 Å². The van der Waals surface area contributed by atoms with Gasteiger partial charge in [0.25, 0.3) is 0 Å². The molecule has 0 aliphatic rings. The number of alkyl halides is 1. The van der Waals surface area contributed by atoms with E-state index in [0.717, 1.165) is 12.8 Å². The highest BCUT2D eigenvalue weighted by atomic mass is 35.5. The lowest BCUT2D eigenvalue weighted by atomic mass is 10.1. The molecule has 0 heterocycles. The van der Waals surface area contributed by atoms with Gasteiger partial charge in [0.15, 0.2) is 0 Å². The monoisotopic (exact) mass is 208 g/mol. The van der Waals surface area contributed by atoms with E-state index in [9.17, 15) is 4.79 Å². The topological polar surface area (TPSA) is 75.3 Å².